The van der Waals surface area contributed by atoms with E-state index in [-0.39, 0.29) is 27.8 Å². The Morgan fingerprint density at radius 3 is 2.17 bits per heavy atom. The van der Waals surface area contributed by atoms with Gasteiger partial charge in [0.2, 0.25) is 5.91 Å². The maximum absolute atomic E-state index is 13.9. The third-order valence-corrected chi connectivity index (χ3v) is 10.1. The average Bonchev–Trinajstić information content (AvgIpc) is 3.03. The van der Waals surface area contributed by atoms with Crippen molar-refractivity contribution in [3.63, 3.8) is 0 Å². The Morgan fingerprint density at radius 2 is 1.56 bits per heavy atom. The van der Waals surface area contributed by atoms with Crippen LogP contribution in [0.1, 0.15) is 5.56 Å². The SMILES string of the molecule is COc1ccc(N(CC(=O)Nc2ccc(S(=O)(=O)Nc3ccc(Cl)c(C(F)(F)F)c3)cc2)S(=O)(=O)c2ccccc2[N+](=O)[O-])c(OC)c1. The predicted octanol–water partition coefficient (Wildman–Crippen LogP) is 5.92. The van der Waals surface area contributed by atoms with Crippen molar-refractivity contribution >= 4 is 60.3 Å². The van der Waals surface area contributed by atoms with Crippen LogP contribution in [0.2, 0.25) is 5.02 Å². The first-order valence-electron chi connectivity index (χ1n) is 13.3. The lowest BCUT2D eigenvalue weighted by molar-refractivity contribution is -0.387. The van der Waals surface area contributed by atoms with Crippen molar-refractivity contribution in [3.05, 3.63) is 106 Å². The summed E-state index contributed by atoms with van der Waals surface area (Å²) in [5, 5.41) is 13.5. The summed E-state index contributed by atoms with van der Waals surface area (Å²) in [7, 11) is -6.60. The molecule has 0 saturated carbocycles. The van der Waals surface area contributed by atoms with Crippen LogP contribution in [0.4, 0.5) is 35.9 Å². The largest absolute Gasteiger partial charge is 0.497 e. The van der Waals surface area contributed by atoms with Crippen molar-refractivity contribution in [1.82, 2.24) is 0 Å². The standard InChI is InChI=1S/C29H24ClF3N4O9S2/c1-45-20-10-14-24(26(16-20)46-2)36(48(43,44)27-6-4-3-5-25(27)37(39)40)17-28(38)34-18-7-11-21(12-8-18)47(41,42)35-19-9-13-23(30)22(15-19)29(31,32)33/h3-16,35H,17H2,1-2H3,(H,34,38). The number of sulfonamides is 2. The highest BCUT2D eigenvalue weighted by Gasteiger charge is 2.35. The summed E-state index contributed by atoms with van der Waals surface area (Å²) in [5.74, 6) is -0.705. The van der Waals surface area contributed by atoms with Crippen molar-refractivity contribution in [2.45, 2.75) is 16.0 Å². The Morgan fingerprint density at radius 1 is 0.917 bits per heavy atom. The highest BCUT2D eigenvalue weighted by Crippen LogP contribution is 2.38. The third-order valence-electron chi connectivity index (χ3n) is 6.55. The van der Waals surface area contributed by atoms with Gasteiger partial charge in [-0.1, -0.05) is 23.7 Å². The van der Waals surface area contributed by atoms with E-state index < -0.39 is 70.5 Å². The molecule has 4 rings (SSSR count). The number of alkyl halides is 3. The number of hydrogen-bond donors (Lipinski definition) is 2. The first kappa shape index (κ1) is 35.8. The number of methoxy groups -OCH3 is 2. The van der Waals surface area contributed by atoms with E-state index in [9.17, 15) is 44.9 Å². The molecule has 48 heavy (non-hydrogen) atoms. The van der Waals surface area contributed by atoms with E-state index in [0.29, 0.717) is 10.4 Å². The summed E-state index contributed by atoms with van der Waals surface area (Å²) in [6, 6.07) is 15.4. The molecule has 19 heteroatoms. The van der Waals surface area contributed by atoms with Gasteiger partial charge < -0.3 is 14.8 Å². The number of anilines is 3. The van der Waals surface area contributed by atoms with E-state index in [0.717, 1.165) is 48.5 Å². The lowest BCUT2D eigenvalue weighted by atomic mass is 10.2. The quantitative estimate of drug-likeness (QED) is 0.133. The van der Waals surface area contributed by atoms with E-state index >= 15 is 0 Å². The zero-order valence-electron chi connectivity index (χ0n) is 24.7. The molecule has 0 aliphatic heterocycles. The average molecular weight is 729 g/mol. The van der Waals surface area contributed by atoms with Gasteiger partial charge >= 0.3 is 6.18 Å². The Labute approximate surface area is 277 Å². The number of carbonyl (C=O) groups excluding carboxylic acids is 1. The number of nitro benzene ring substituents is 1. The molecule has 0 bridgehead atoms. The molecule has 0 atom stereocenters. The highest BCUT2D eigenvalue weighted by atomic mass is 35.5. The first-order valence-corrected chi connectivity index (χ1v) is 16.6. The predicted molar refractivity (Wildman–Crippen MR) is 170 cm³/mol. The summed E-state index contributed by atoms with van der Waals surface area (Å²) in [5.41, 5.74) is -2.54. The van der Waals surface area contributed by atoms with Crippen LogP contribution in [0, 0.1) is 10.1 Å². The number of ether oxygens (including phenoxy) is 2. The number of nitro groups is 1. The second-order valence-corrected chi connectivity index (χ2v) is 13.6. The zero-order chi connectivity index (χ0) is 35.4. The molecule has 0 saturated heterocycles. The van der Waals surface area contributed by atoms with Crippen LogP contribution < -0.4 is 23.8 Å². The molecule has 13 nitrogen and oxygen atoms in total. The number of nitrogens with one attached hydrogen (secondary N) is 2. The number of nitrogens with zero attached hydrogens (tertiary/aromatic N) is 2. The number of benzene rings is 4. The second kappa shape index (κ2) is 14.0. The normalized spacial score (nSPS) is 11.8. The summed E-state index contributed by atoms with van der Waals surface area (Å²) in [6.07, 6.45) is -4.83. The fraction of sp³-hybridized carbons (Fsp3) is 0.138. The molecular formula is C29H24ClF3N4O9S2. The van der Waals surface area contributed by atoms with Crippen molar-refractivity contribution in [3.8, 4) is 11.5 Å². The molecule has 0 aromatic heterocycles. The van der Waals surface area contributed by atoms with Crippen LogP contribution in [0.25, 0.3) is 0 Å². The number of carbonyl (C=O) groups is 1. The van der Waals surface area contributed by atoms with Gasteiger partial charge in [0.15, 0.2) is 4.90 Å². The molecule has 0 spiro atoms. The minimum absolute atomic E-state index is 0.00883. The minimum atomic E-state index is -4.83. The van der Waals surface area contributed by atoms with Crippen molar-refractivity contribution < 1.29 is 49.2 Å². The van der Waals surface area contributed by atoms with Crippen molar-refractivity contribution in [2.24, 2.45) is 0 Å². The van der Waals surface area contributed by atoms with Gasteiger partial charge in [0.25, 0.3) is 25.7 Å². The molecule has 4 aromatic rings. The van der Waals surface area contributed by atoms with Gasteiger partial charge in [0.1, 0.15) is 18.0 Å². The van der Waals surface area contributed by atoms with E-state index in [1.54, 1.807) is 0 Å². The van der Waals surface area contributed by atoms with E-state index in [2.05, 4.69) is 5.32 Å². The Balaban J connectivity index is 1.62. The molecule has 254 valence electrons. The second-order valence-electron chi connectivity index (χ2n) is 9.64. The lowest BCUT2D eigenvalue weighted by Crippen LogP contribution is -2.38. The van der Waals surface area contributed by atoms with Crippen LogP contribution in [-0.2, 0) is 31.0 Å². The molecule has 1 amide bonds. The number of halogens is 4. The summed E-state index contributed by atoms with van der Waals surface area (Å²) >= 11 is 5.59. The molecule has 2 N–H and O–H groups in total. The van der Waals surface area contributed by atoms with Crippen molar-refractivity contribution in [2.75, 3.05) is 35.1 Å². The van der Waals surface area contributed by atoms with Gasteiger partial charge in [-0.05, 0) is 60.7 Å². The molecule has 0 unspecified atom stereocenters. The van der Waals surface area contributed by atoms with Crippen molar-refractivity contribution in [1.29, 1.82) is 0 Å². The zero-order valence-corrected chi connectivity index (χ0v) is 27.1. The first-order chi connectivity index (χ1) is 22.5. The molecule has 0 radical (unpaired) electrons. The molecular weight excluding hydrogens is 705 g/mol. The van der Waals surface area contributed by atoms with Crippen LogP contribution in [0.15, 0.2) is 94.7 Å². The molecule has 0 aliphatic rings. The molecule has 0 aliphatic carbocycles. The fourth-order valence-electron chi connectivity index (χ4n) is 4.30. The van der Waals surface area contributed by atoms with Crippen LogP contribution in [-0.4, -0.2) is 48.4 Å². The molecule has 0 heterocycles. The van der Waals surface area contributed by atoms with Gasteiger partial charge in [-0.15, -0.1) is 0 Å². The number of rotatable bonds is 12. The van der Waals surface area contributed by atoms with E-state index in [4.69, 9.17) is 21.1 Å². The summed E-state index contributed by atoms with van der Waals surface area (Å²) < 4.78 is 106. The van der Waals surface area contributed by atoms with Gasteiger partial charge in [-0.2, -0.15) is 13.2 Å². The Kier molecular flexibility index (Phi) is 10.4. The Bertz CT molecular complexity index is 2080. The van der Waals surface area contributed by atoms with E-state index in [1.807, 2.05) is 4.72 Å². The minimum Gasteiger partial charge on any atom is -0.497 e. The monoisotopic (exact) mass is 728 g/mol. The van der Waals surface area contributed by atoms with Gasteiger partial charge in [0.05, 0.1) is 40.3 Å². The van der Waals surface area contributed by atoms with Crippen LogP contribution in [0.3, 0.4) is 0 Å². The molecule has 0 fully saturated rings. The lowest BCUT2D eigenvalue weighted by Gasteiger charge is -2.25. The summed E-state index contributed by atoms with van der Waals surface area (Å²) in [4.78, 5) is 22.9. The van der Waals surface area contributed by atoms with Crippen LogP contribution in [0.5, 0.6) is 11.5 Å². The number of hydrogen-bond acceptors (Lipinski definition) is 9. The smallest absolute Gasteiger partial charge is 0.417 e. The highest BCUT2D eigenvalue weighted by molar-refractivity contribution is 7.93. The van der Waals surface area contributed by atoms with Crippen LogP contribution >= 0.6 is 11.6 Å². The number of para-hydroxylation sites is 1. The number of amides is 1. The Hall–Kier alpha value is -5.07. The van der Waals surface area contributed by atoms with Gasteiger partial charge in [-0.25, -0.2) is 16.8 Å². The van der Waals surface area contributed by atoms with Gasteiger partial charge in [0, 0.05) is 23.5 Å². The maximum Gasteiger partial charge on any atom is 0.417 e. The third kappa shape index (κ3) is 7.89. The fourth-order valence-corrected chi connectivity index (χ4v) is 7.17. The van der Waals surface area contributed by atoms with E-state index in [1.165, 1.54) is 44.6 Å². The maximum atomic E-state index is 13.9. The topological polar surface area (TPSA) is 174 Å². The van der Waals surface area contributed by atoms with Gasteiger partial charge in [-0.3, -0.25) is 23.9 Å². The summed E-state index contributed by atoms with van der Waals surface area (Å²) in [6.45, 7) is -0.920. The molecule has 4 aromatic carbocycles.